The summed E-state index contributed by atoms with van der Waals surface area (Å²) in [6, 6.07) is 5.66. The molecule has 1 aromatic carbocycles. The highest BCUT2D eigenvalue weighted by molar-refractivity contribution is 9.10. The summed E-state index contributed by atoms with van der Waals surface area (Å²) >= 11 is 3.22. The molecule has 1 aromatic rings. The molecule has 0 unspecified atom stereocenters. The molecule has 104 valence electrons. The zero-order valence-electron chi connectivity index (χ0n) is 10.6. The Balaban J connectivity index is 2.31. The van der Waals surface area contributed by atoms with Gasteiger partial charge in [0.15, 0.2) is 0 Å². The lowest BCUT2D eigenvalue weighted by Crippen LogP contribution is -2.33. The number of amides is 2. The van der Waals surface area contributed by atoms with E-state index in [1.165, 1.54) is 18.2 Å². The third-order valence-corrected chi connectivity index (χ3v) is 3.47. The molecule has 1 rings (SSSR count). The fourth-order valence-electron chi connectivity index (χ4n) is 1.39. The molecule has 0 aliphatic rings. The van der Waals surface area contributed by atoms with Gasteiger partial charge in [-0.15, -0.1) is 0 Å². The third-order valence-electron chi connectivity index (χ3n) is 2.40. The van der Waals surface area contributed by atoms with Gasteiger partial charge in [-0.2, -0.15) is 0 Å². The van der Waals surface area contributed by atoms with Gasteiger partial charge in [-0.25, -0.2) is 4.39 Å². The number of nitrogens with one attached hydrogen (secondary N) is 2. The van der Waals surface area contributed by atoms with Gasteiger partial charge < -0.3 is 10.6 Å². The van der Waals surface area contributed by atoms with Crippen molar-refractivity contribution in [3.8, 4) is 0 Å². The van der Waals surface area contributed by atoms with Crippen LogP contribution in [0.4, 0.5) is 10.1 Å². The van der Waals surface area contributed by atoms with Gasteiger partial charge in [-0.05, 0) is 24.6 Å². The first-order chi connectivity index (χ1) is 9.02. The molecule has 0 radical (unpaired) electrons. The molecule has 0 aliphatic carbocycles. The molecular formula is C13H16BrFN2O2. The molecule has 0 fully saturated rings. The standard InChI is InChI=1S/C13H16BrFN2O2/c1-2-11(14)13(19)16-7-6-12(18)17-10-5-3-4-9(15)8-10/h3-5,8,11H,2,6-7H2,1H3,(H,16,19)(H,17,18)/t11-/m1/s1. The van der Waals surface area contributed by atoms with Crippen molar-refractivity contribution in [3.63, 3.8) is 0 Å². The van der Waals surface area contributed by atoms with Crippen LogP contribution in [0.1, 0.15) is 19.8 Å². The van der Waals surface area contributed by atoms with Crippen molar-refractivity contribution in [2.24, 2.45) is 0 Å². The highest BCUT2D eigenvalue weighted by Gasteiger charge is 2.12. The molecule has 0 heterocycles. The Hall–Kier alpha value is -1.43. The van der Waals surface area contributed by atoms with Crippen molar-refractivity contribution >= 4 is 33.4 Å². The second kappa shape index (κ2) is 7.89. The van der Waals surface area contributed by atoms with E-state index < -0.39 is 5.82 Å². The molecule has 6 heteroatoms. The van der Waals surface area contributed by atoms with Crippen LogP contribution >= 0.6 is 15.9 Å². The first-order valence-electron chi connectivity index (χ1n) is 6.00. The molecule has 0 aromatic heterocycles. The smallest absolute Gasteiger partial charge is 0.233 e. The van der Waals surface area contributed by atoms with Crippen LogP contribution in [0.15, 0.2) is 24.3 Å². The number of hydrogen-bond donors (Lipinski definition) is 2. The minimum atomic E-state index is -0.406. The maximum Gasteiger partial charge on any atom is 0.233 e. The Bertz CT molecular complexity index is 454. The largest absolute Gasteiger partial charge is 0.355 e. The molecule has 0 bridgehead atoms. The van der Waals surface area contributed by atoms with Crippen LogP contribution in [0, 0.1) is 5.82 Å². The van der Waals surface area contributed by atoms with Crippen molar-refractivity contribution in [3.05, 3.63) is 30.1 Å². The van der Waals surface area contributed by atoms with Crippen LogP contribution in [-0.4, -0.2) is 23.2 Å². The fraction of sp³-hybridized carbons (Fsp3) is 0.385. The lowest BCUT2D eigenvalue weighted by molar-refractivity contribution is -0.120. The van der Waals surface area contributed by atoms with Crippen molar-refractivity contribution in [2.45, 2.75) is 24.6 Å². The molecule has 0 saturated heterocycles. The topological polar surface area (TPSA) is 58.2 Å². The van der Waals surface area contributed by atoms with E-state index >= 15 is 0 Å². The number of rotatable bonds is 6. The first kappa shape index (κ1) is 15.6. The molecular weight excluding hydrogens is 315 g/mol. The molecule has 1 atom stereocenters. The Morgan fingerprint density at radius 1 is 1.42 bits per heavy atom. The van der Waals surface area contributed by atoms with Gasteiger partial charge in [-0.1, -0.05) is 28.9 Å². The first-order valence-corrected chi connectivity index (χ1v) is 6.91. The summed E-state index contributed by atoms with van der Waals surface area (Å²) in [6.45, 7) is 2.14. The van der Waals surface area contributed by atoms with Gasteiger partial charge in [0.1, 0.15) is 5.82 Å². The van der Waals surface area contributed by atoms with Crippen molar-refractivity contribution in [2.75, 3.05) is 11.9 Å². The molecule has 0 saturated carbocycles. The lowest BCUT2D eigenvalue weighted by atomic mass is 10.3. The lowest BCUT2D eigenvalue weighted by Gasteiger charge is -2.09. The van der Waals surface area contributed by atoms with E-state index in [1.807, 2.05) is 6.92 Å². The van der Waals surface area contributed by atoms with Crippen LogP contribution in [0.2, 0.25) is 0 Å². The van der Waals surface area contributed by atoms with Crippen molar-refractivity contribution in [1.29, 1.82) is 0 Å². The molecule has 0 spiro atoms. The Morgan fingerprint density at radius 3 is 2.79 bits per heavy atom. The van der Waals surface area contributed by atoms with E-state index in [2.05, 4.69) is 26.6 Å². The van der Waals surface area contributed by atoms with Crippen LogP contribution < -0.4 is 10.6 Å². The van der Waals surface area contributed by atoms with Crippen LogP contribution in [0.5, 0.6) is 0 Å². The second-order valence-electron chi connectivity index (χ2n) is 3.98. The van der Waals surface area contributed by atoms with Crippen molar-refractivity contribution in [1.82, 2.24) is 5.32 Å². The molecule has 2 amide bonds. The van der Waals surface area contributed by atoms with Gasteiger partial charge in [0.05, 0.1) is 4.83 Å². The van der Waals surface area contributed by atoms with Gasteiger partial charge in [0, 0.05) is 18.7 Å². The summed E-state index contributed by atoms with van der Waals surface area (Å²) in [5, 5.41) is 5.20. The Labute approximate surface area is 119 Å². The Kier molecular flexibility index (Phi) is 6.49. The summed E-state index contributed by atoms with van der Waals surface area (Å²) in [4.78, 5) is 22.7. The number of anilines is 1. The molecule has 19 heavy (non-hydrogen) atoms. The predicted molar refractivity (Wildman–Crippen MR) is 75.7 cm³/mol. The van der Waals surface area contributed by atoms with Gasteiger partial charge >= 0.3 is 0 Å². The number of halogens is 2. The molecule has 2 N–H and O–H groups in total. The summed E-state index contributed by atoms with van der Waals surface area (Å²) in [7, 11) is 0. The summed E-state index contributed by atoms with van der Waals surface area (Å²) < 4.78 is 12.9. The van der Waals surface area contributed by atoms with Crippen LogP contribution in [-0.2, 0) is 9.59 Å². The predicted octanol–water partition coefficient (Wildman–Crippen LogP) is 2.44. The van der Waals surface area contributed by atoms with Gasteiger partial charge in [0.25, 0.3) is 0 Å². The monoisotopic (exact) mass is 330 g/mol. The maximum atomic E-state index is 12.9. The average Bonchev–Trinajstić information content (AvgIpc) is 2.37. The van der Waals surface area contributed by atoms with E-state index in [0.717, 1.165) is 0 Å². The zero-order chi connectivity index (χ0) is 14.3. The highest BCUT2D eigenvalue weighted by atomic mass is 79.9. The molecule has 4 nitrogen and oxygen atoms in total. The SMILES string of the molecule is CC[C@@H](Br)C(=O)NCCC(=O)Nc1cccc(F)c1. The van der Waals surface area contributed by atoms with E-state index in [1.54, 1.807) is 6.07 Å². The summed E-state index contributed by atoms with van der Waals surface area (Å²) in [5.41, 5.74) is 0.406. The number of carbonyl (C=O) groups is 2. The van der Waals surface area contributed by atoms with Crippen molar-refractivity contribution < 1.29 is 14.0 Å². The average molecular weight is 331 g/mol. The second-order valence-corrected chi connectivity index (χ2v) is 5.08. The number of carbonyl (C=O) groups excluding carboxylic acids is 2. The van der Waals surface area contributed by atoms with E-state index in [-0.39, 0.29) is 29.6 Å². The number of hydrogen-bond acceptors (Lipinski definition) is 2. The minimum Gasteiger partial charge on any atom is -0.355 e. The summed E-state index contributed by atoms with van der Waals surface area (Å²) in [5.74, 6) is -0.814. The van der Waals surface area contributed by atoms with Crippen LogP contribution in [0.3, 0.4) is 0 Å². The van der Waals surface area contributed by atoms with Gasteiger partial charge in [0.2, 0.25) is 11.8 Å². The number of alkyl halides is 1. The van der Waals surface area contributed by atoms with Crippen LogP contribution in [0.25, 0.3) is 0 Å². The normalized spacial score (nSPS) is 11.7. The Morgan fingerprint density at radius 2 is 2.16 bits per heavy atom. The maximum absolute atomic E-state index is 12.9. The number of benzene rings is 1. The third kappa shape index (κ3) is 5.83. The molecule has 0 aliphatic heterocycles. The van der Waals surface area contributed by atoms with E-state index in [9.17, 15) is 14.0 Å². The summed E-state index contributed by atoms with van der Waals surface area (Å²) in [6.07, 6.45) is 0.826. The van der Waals surface area contributed by atoms with Gasteiger partial charge in [-0.3, -0.25) is 9.59 Å². The fourth-order valence-corrected chi connectivity index (χ4v) is 1.55. The quantitative estimate of drug-likeness (QED) is 0.787. The zero-order valence-corrected chi connectivity index (χ0v) is 12.2. The minimum absolute atomic E-state index is 0.138. The van der Waals surface area contributed by atoms with E-state index in [0.29, 0.717) is 12.1 Å². The van der Waals surface area contributed by atoms with E-state index in [4.69, 9.17) is 0 Å². The highest BCUT2D eigenvalue weighted by Crippen LogP contribution is 2.09.